The summed E-state index contributed by atoms with van der Waals surface area (Å²) in [4.78, 5) is 0. The van der Waals surface area contributed by atoms with Crippen molar-refractivity contribution in [2.24, 2.45) is 5.92 Å². The van der Waals surface area contributed by atoms with Gasteiger partial charge in [-0.1, -0.05) is 26.2 Å². The fourth-order valence-electron chi connectivity index (χ4n) is 2.08. The molecule has 0 radical (unpaired) electrons. The molecule has 0 aromatic heterocycles. The van der Waals surface area contributed by atoms with Gasteiger partial charge in [0.2, 0.25) is 0 Å². The zero-order valence-corrected chi connectivity index (χ0v) is 8.44. The Kier molecular flexibility index (Phi) is 5.42. The van der Waals surface area contributed by atoms with Crippen LogP contribution in [-0.2, 0) is 0 Å². The van der Waals surface area contributed by atoms with Crippen molar-refractivity contribution in [3.63, 3.8) is 0 Å². The van der Waals surface area contributed by atoms with Crippen LogP contribution < -0.4 is 5.32 Å². The normalized spacial score (nSPS) is 21.8. The molecule has 1 rings (SSSR count). The minimum absolute atomic E-state index is 1.05. The van der Waals surface area contributed by atoms with E-state index in [0.717, 1.165) is 5.92 Å². The standard InChI is InChI=1S/C11H23N/c1-2-3-6-11-7-4-9-12-10-5-8-11/h11-12H,2-10H2,1H3. The third-order valence-corrected chi connectivity index (χ3v) is 2.90. The van der Waals surface area contributed by atoms with E-state index in [1.165, 1.54) is 58.0 Å². The Morgan fingerprint density at radius 3 is 2.42 bits per heavy atom. The maximum Gasteiger partial charge on any atom is -0.00488 e. The van der Waals surface area contributed by atoms with E-state index in [-0.39, 0.29) is 0 Å². The third kappa shape index (κ3) is 4.10. The molecule has 72 valence electrons. The fraction of sp³-hybridized carbons (Fsp3) is 1.00. The van der Waals surface area contributed by atoms with Crippen molar-refractivity contribution in [2.75, 3.05) is 13.1 Å². The van der Waals surface area contributed by atoms with Crippen LogP contribution in [0.15, 0.2) is 0 Å². The highest BCUT2D eigenvalue weighted by atomic mass is 14.8. The highest BCUT2D eigenvalue weighted by Gasteiger charge is 2.09. The molecule has 0 amide bonds. The molecule has 1 fully saturated rings. The quantitative estimate of drug-likeness (QED) is 0.685. The van der Waals surface area contributed by atoms with Crippen LogP contribution in [0, 0.1) is 5.92 Å². The Morgan fingerprint density at radius 1 is 1.17 bits per heavy atom. The first-order valence-corrected chi connectivity index (χ1v) is 5.64. The molecule has 1 heteroatoms. The molecule has 0 atom stereocenters. The molecular formula is C11H23N. The largest absolute Gasteiger partial charge is 0.317 e. The molecule has 0 spiro atoms. The van der Waals surface area contributed by atoms with Crippen molar-refractivity contribution in [2.45, 2.75) is 51.9 Å². The lowest BCUT2D eigenvalue weighted by Crippen LogP contribution is -2.21. The van der Waals surface area contributed by atoms with E-state index in [1.54, 1.807) is 0 Å². The monoisotopic (exact) mass is 169 g/mol. The van der Waals surface area contributed by atoms with Crippen LogP contribution >= 0.6 is 0 Å². The van der Waals surface area contributed by atoms with Gasteiger partial charge in [-0.25, -0.2) is 0 Å². The molecule has 0 unspecified atom stereocenters. The SMILES string of the molecule is CCCCC1CCCNCCC1. The summed E-state index contributed by atoms with van der Waals surface area (Å²) in [5, 5.41) is 3.46. The van der Waals surface area contributed by atoms with Gasteiger partial charge in [0, 0.05) is 0 Å². The first-order valence-electron chi connectivity index (χ1n) is 5.64. The predicted molar refractivity (Wildman–Crippen MR) is 54.4 cm³/mol. The second-order valence-electron chi connectivity index (χ2n) is 4.04. The lowest BCUT2D eigenvalue weighted by Gasteiger charge is -2.19. The van der Waals surface area contributed by atoms with Crippen LogP contribution in [0.25, 0.3) is 0 Å². The first-order chi connectivity index (χ1) is 5.93. The van der Waals surface area contributed by atoms with E-state index in [0.29, 0.717) is 0 Å². The predicted octanol–water partition coefficient (Wildman–Crippen LogP) is 2.96. The van der Waals surface area contributed by atoms with Crippen LogP contribution in [0.2, 0.25) is 0 Å². The molecule has 0 aromatic rings. The fourth-order valence-corrected chi connectivity index (χ4v) is 2.08. The van der Waals surface area contributed by atoms with Gasteiger partial charge in [-0.3, -0.25) is 0 Å². The van der Waals surface area contributed by atoms with Crippen LogP contribution in [-0.4, -0.2) is 13.1 Å². The molecule has 0 aromatic carbocycles. The van der Waals surface area contributed by atoms with Gasteiger partial charge in [0.25, 0.3) is 0 Å². The van der Waals surface area contributed by atoms with Gasteiger partial charge < -0.3 is 5.32 Å². The summed E-state index contributed by atoms with van der Waals surface area (Å²) in [5.41, 5.74) is 0. The van der Waals surface area contributed by atoms with Crippen molar-refractivity contribution in [1.82, 2.24) is 5.32 Å². The van der Waals surface area contributed by atoms with Crippen LogP contribution in [0.1, 0.15) is 51.9 Å². The van der Waals surface area contributed by atoms with E-state index < -0.39 is 0 Å². The van der Waals surface area contributed by atoms with Gasteiger partial charge in [-0.15, -0.1) is 0 Å². The van der Waals surface area contributed by atoms with E-state index in [4.69, 9.17) is 0 Å². The van der Waals surface area contributed by atoms with Gasteiger partial charge in [0.15, 0.2) is 0 Å². The Labute approximate surface area is 76.9 Å². The Bertz CT molecular complexity index is 90.4. The van der Waals surface area contributed by atoms with Gasteiger partial charge in [0.1, 0.15) is 0 Å². The first kappa shape index (κ1) is 10.0. The average molecular weight is 169 g/mol. The topological polar surface area (TPSA) is 12.0 Å². The number of unbranched alkanes of at least 4 members (excludes halogenated alkanes) is 1. The lowest BCUT2D eigenvalue weighted by molar-refractivity contribution is 0.358. The molecule has 12 heavy (non-hydrogen) atoms. The van der Waals surface area contributed by atoms with Crippen LogP contribution in [0.4, 0.5) is 0 Å². The summed E-state index contributed by atoms with van der Waals surface area (Å²) < 4.78 is 0. The Morgan fingerprint density at radius 2 is 1.83 bits per heavy atom. The maximum absolute atomic E-state index is 3.46. The van der Waals surface area contributed by atoms with E-state index in [1.807, 2.05) is 0 Å². The maximum atomic E-state index is 3.46. The number of rotatable bonds is 3. The molecule has 1 N–H and O–H groups in total. The average Bonchev–Trinajstić information content (AvgIpc) is 2.02. The molecule has 0 saturated carbocycles. The van der Waals surface area contributed by atoms with E-state index in [2.05, 4.69) is 12.2 Å². The van der Waals surface area contributed by atoms with E-state index in [9.17, 15) is 0 Å². The van der Waals surface area contributed by atoms with Crippen molar-refractivity contribution in [3.05, 3.63) is 0 Å². The van der Waals surface area contributed by atoms with Crippen LogP contribution in [0.5, 0.6) is 0 Å². The third-order valence-electron chi connectivity index (χ3n) is 2.90. The zero-order valence-electron chi connectivity index (χ0n) is 8.44. The van der Waals surface area contributed by atoms with Crippen molar-refractivity contribution in [3.8, 4) is 0 Å². The summed E-state index contributed by atoms with van der Waals surface area (Å²) in [6.45, 7) is 4.80. The molecule has 1 heterocycles. The van der Waals surface area contributed by atoms with Crippen LogP contribution in [0.3, 0.4) is 0 Å². The molecule has 0 aliphatic carbocycles. The zero-order chi connectivity index (χ0) is 8.65. The summed E-state index contributed by atoms with van der Waals surface area (Å²) in [6.07, 6.45) is 10.0. The minimum atomic E-state index is 1.05. The lowest BCUT2D eigenvalue weighted by atomic mass is 9.91. The molecule has 1 nitrogen and oxygen atoms in total. The second kappa shape index (κ2) is 6.47. The van der Waals surface area contributed by atoms with Gasteiger partial charge in [0.05, 0.1) is 0 Å². The highest BCUT2D eigenvalue weighted by Crippen LogP contribution is 2.20. The molecule has 1 aliphatic heterocycles. The molecule has 1 aliphatic rings. The van der Waals surface area contributed by atoms with Gasteiger partial charge in [-0.2, -0.15) is 0 Å². The Hall–Kier alpha value is -0.0400. The number of hydrogen-bond acceptors (Lipinski definition) is 1. The summed E-state index contributed by atoms with van der Waals surface area (Å²) in [6, 6.07) is 0. The van der Waals surface area contributed by atoms with Crippen molar-refractivity contribution in [1.29, 1.82) is 0 Å². The molecule has 1 saturated heterocycles. The Balaban J connectivity index is 2.11. The highest BCUT2D eigenvalue weighted by molar-refractivity contribution is 4.65. The second-order valence-corrected chi connectivity index (χ2v) is 4.04. The minimum Gasteiger partial charge on any atom is -0.317 e. The van der Waals surface area contributed by atoms with Gasteiger partial charge in [-0.05, 0) is 44.7 Å². The van der Waals surface area contributed by atoms with Crippen molar-refractivity contribution >= 4 is 0 Å². The molecular weight excluding hydrogens is 146 g/mol. The van der Waals surface area contributed by atoms with E-state index >= 15 is 0 Å². The smallest absolute Gasteiger partial charge is 0.00488 e. The number of hydrogen-bond donors (Lipinski definition) is 1. The molecule has 0 bridgehead atoms. The number of nitrogens with one attached hydrogen (secondary N) is 1. The van der Waals surface area contributed by atoms with Gasteiger partial charge >= 0.3 is 0 Å². The summed E-state index contributed by atoms with van der Waals surface area (Å²) >= 11 is 0. The van der Waals surface area contributed by atoms with Crippen molar-refractivity contribution < 1.29 is 0 Å². The summed E-state index contributed by atoms with van der Waals surface area (Å²) in [5.74, 6) is 1.05. The summed E-state index contributed by atoms with van der Waals surface area (Å²) in [7, 11) is 0.